The maximum atomic E-state index is 5.80. The molecule has 0 aliphatic carbocycles. The molecule has 1 aliphatic rings. The van der Waals surface area contributed by atoms with Crippen LogP contribution in [-0.2, 0) is 20.0 Å². The first-order valence-electron chi connectivity index (χ1n) is 4.75. The van der Waals surface area contributed by atoms with Crippen molar-refractivity contribution in [1.29, 1.82) is 0 Å². The lowest BCUT2D eigenvalue weighted by Gasteiger charge is -2.25. The van der Waals surface area contributed by atoms with Gasteiger partial charge in [0.2, 0.25) is 0 Å². The van der Waals surface area contributed by atoms with E-state index in [1.807, 2.05) is 11.7 Å². The van der Waals surface area contributed by atoms with E-state index in [9.17, 15) is 0 Å². The molecule has 0 radical (unpaired) electrons. The number of rotatable bonds is 1. The third-order valence-corrected chi connectivity index (χ3v) is 2.80. The van der Waals surface area contributed by atoms with Crippen molar-refractivity contribution in [3.8, 4) is 0 Å². The largest absolute Gasteiger partial charge is 0.382 e. The van der Waals surface area contributed by atoms with Crippen molar-refractivity contribution in [2.24, 2.45) is 7.05 Å². The highest BCUT2D eigenvalue weighted by molar-refractivity contribution is 5.43. The van der Waals surface area contributed by atoms with Crippen molar-refractivity contribution >= 4 is 5.82 Å². The fourth-order valence-corrected chi connectivity index (χ4v) is 1.93. The third kappa shape index (κ3) is 1.31. The maximum absolute atomic E-state index is 5.80. The van der Waals surface area contributed by atoms with Crippen LogP contribution in [0.1, 0.15) is 18.2 Å². The standard InChI is InChI=1S/C9H16N4/c1-3-13-5-4-7-8(6-13)12(2)11-9(7)10/h3-6H2,1-2H3,(H2,10,11). The summed E-state index contributed by atoms with van der Waals surface area (Å²) in [6.07, 6.45) is 1.04. The summed E-state index contributed by atoms with van der Waals surface area (Å²) in [5.41, 5.74) is 8.34. The molecule has 4 heteroatoms. The Morgan fingerprint density at radius 1 is 1.54 bits per heavy atom. The quantitative estimate of drug-likeness (QED) is 0.679. The summed E-state index contributed by atoms with van der Waals surface area (Å²) in [4.78, 5) is 2.41. The molecule has 2 N–H and O–H groups in total. The molecule has 72 valence electrons. The highest BCUT2D eigenvalue weighted by Gasteiger charge is 2.21. The molecule has 0 saturated heterocycles. The molecule has 1 aliphatic heterocycles. The van der Waals surface area contributed by atoms with Crippen molar-refractivity contribution in [3.63, 3.8) is 0 Å². The molecule has 0 unspecified atom stereocenters. The Morgan fingerprint density at radius 2 is 2.31 bits per heavy atom. The summed E-state index contributed by atoms with van der Waals surface area (Å²) >= 11 is 0. The minimum absolute atomic E-state index is 0.716. The van der Waals surface area contributed by atoms with Gasteiger partial charge in [0.15, 0.2) is 0 Å². The van der Waals surface area contributed by atoms with Crippen molar-refractivity contribution in [3.05, 3.63) is 11.3 Å². The third-order valence-electron chi connectivity index (χ3n) is 2.80. The van der Waals surface area contributed by atoms with Crippen molar-refractivity contribution in [1.82, 2.24) is 14.7 Å². The second kappa shape index (κ2) is 3.03. The van der Waals surface area contributed by atoms with Gasteiger partial charge in [-0.15, -0.1) is 0 Å². The molecule has 0 fully saturated rings. The molecule has 0 amide bonds. The van der Waals surface area contributed by atoms with E-state index in [2.05, 4.69) is 16.9 Å². The Bertz CT molecular complexity index is 316. The number of aryl methyl sites for hydroxylation is 1. The molecule has 2 rings (SSSR count). The van der Waals surface area contributed by atoms with Crippen molar-refractivity contribution < 1.29 is 0 Å². The van der Waals surface area contributed by atoms with Crippen LogP contribution in [0.15, 0.2) is 0 Å². The summed E-state index contributed by atoms with van der Waals surface area (Å²) in [6.45, 7) is 5.39. The second-order valence-corrected chi connectivity index (χ2v) is 3.55. The predicted octanol–water partition coefficient (Wildman–Crippen LogP) is 0.380. The van der Waals surface area contributed by atoms with Crippen LogP contribution < -0.4 is 5.73 Å². The SMILES string of the molecule is CCN1CCc2c(N)nn(C)c2C1. The number of aromatic nitrogens is 2. The van der Waals surface area contributed by atoms with E-state index < -0.39 is 0 Å². The van der Waals surface area contributed by atoms with Gasteiger partial charge in [0.1, 0.15) is 5.82 Å². The molecule has 0 aromatic carbocycles. The predicted molar refractivity (Wildman–Crippen MR) is 52.3 cm³/mol. The van der Waals surface area contributed by atoms with Gasteiger partial charge >= 0.3 is 0 Å². The second-order valence-electron chi connectivity index (χ2n) is 3.55. The van der Waals surface area contributed by atoms with E-state index in [0.717, 1.165) is 26.1 Å². The number of fused-ring (bicyclic) bond motifs is 1. The monoisotopic (exact) mass is 180 g/mol. The molecular formula is C9H16N4. The molecule has 0 atom stereocenters. The topological polar surface area (TPSA) is 47.1 Å². The minimum Gasteiger partial charge on any atom is -0.382 e. The van der Waals surface area contributed by atoms with Gasteiger partial charge in [-0.2, -0.15) is 5.10 Å². The lowest BCUT2D eigenvalue weighted by atomic mass is 10.1. The van der Waals surface area contributed by atoms with Crippen molar-refractivity contribution in [2.45, 2.75) is 19.9 Å². The molecule has 13 heavy (non-hydrogen) atoms. The Labute approximate surface area is 78.3 Å². The first-order chi connectivity index (χ1) is 6.22. The van der Waals surface area contributed by atoms with E-state index in [-0.39, 0.29) is 0 Å². The molecular weight excluding hydrogens is 164 g/mol. The van der Waals surface area contributed by atoms with Gasteiger partial charge in [-0.3, -0.25) is 9.58 Å². The first-order valence-corrected chi connectivity index (χ1v) is 4.75. The van der Waals surface area contributed by atoms with Crippen LogP contribution in [0.5, 0.6) is 0 Å². The smallest absolute Gasteiger partial charge is 0.149 e. The number of hydrogen-bond acceptors (Lipinski definition) is 3. The molecule has 1 aromatic rings. The maximum Gasteiger partial charge on any atom is 0.149 e. The van der Waals surface area contributed by atoms with Crippen molar-refractivity contribution in [2.75, 3.05) is 18.8 Å². The summed E-state index contributed by atoms with van der Waals surface area (Å²) in [5, 5.41) is 4.23. The molecule has 2 heterocycles. The number of likely N-dealkylation sites (N-methyl/N-ethyl adjacent to an activating group) is 1. The molecule has 1 aromatic heterocycles. The zero-order valence-electron chi connectivity index (χ0n) is 8.25. The fraction of sp³-hybridized carbons (Fsp3) is 0.667. The van der Waals surface area contributed by atoms with Gasteiger partial charge < -0.3 is 5.73 Å². The first kappa shape index (κ1) is 8.56. The van der Waals surface area contributed by atoms with Crippen LogP contribution in [0.4, 0.5) is 5.82 Å². The van der Waals surface area contributed by atoms with Gasteiger partial charge in [0, 0.05) is 25.7 Å². The van der Waals surface area contributed by atoms with Crippen LogP contribution in [0.25, 0.3) is 0 Å². The van der Waals surface area contributed by atoms with E-state index in [0.29, 0.717) is 5.82 Å². The Balaban J connectivity index is 2.33. The van der Waals surface area contributed by atoms with Gasteiger partial charge in [0.05, 0.1) is 5.69 Å². The zero-order valence-corrected chi connectivity index (χ0v) is 8.25. The normalized spacial score (nSPS) is 17.4. The number of nitrogens with two attached hydrogens (primary N) is 1. The Morgan fingerprint density at radius 3 is 3.00 bits per heavy atom. The highest BCUT2D eigenvalue weighted by Crippen LogP contribution is 2.22. The van der Waals surface area contributed by atoms with Crippen LogP contribution >= 0.6 is 0 Å². The van der Waals surface area contributed by atoms with Gasteiger partial charge in [-0.1, -0.05) is 6.92 Å². The Hall–Kier alpha value is -1.03. The molecule has 4 nitrogen and oxygen atoms in total. The Kier molecular flexibility index (Phi) is 2.00. The van der Waals surface area contributed by atoms with E-state index in [1.165, 1.54) is 11.3 Å². The lowest BCUT2D eigenvalue weighted by Crippen LogP contribution is -2.31. The number of anilines is 1. The molecule has 0 spiro atoms. The van der Waals surface area contributed by atoms with E-state index in [1.54, 1.807) is 0 Å². The van der Waals surface area contributed by atoms with Crippen LogP contribution in [0, 0.1) is 0 Å². The zero-order chi connectivity index (χ0) is 9.42. The van der Waals surface area contributed by atoms with E-state index in [4.69, 9.17) is 5.73 Å². The van der Waals surface area contributed by atoms with Gasteiger partial charge in [-0.05, 0) is 13.0 Å². The minimum atomic E-state index is 0.716. The average Bonchev–Trinajstić information content (AvgIpc) is 2.42. The summed E-state index contributed by atoms with van der Waals surface area (Å²) in [5.74, 6) is 0.716. The summed E-state index contributed by atoms with van der Waals surface area (Å²) in [6, 6.07) is 0. The summed E-state index contributed by atoms with van der Waals surface area (Å²) < 4.78 is 1.91. The average molecular weight is 180 g/mol. The fourth-order valence-electron chi connectivity index (χ4n) is 1.93. The van der Waals surface area contributed by atoms with Gasteiger partial charge in [0.25, 0.3) is 0 Å². The summed E-state index contributed by atoms with van der Waals surface area (Å²) in [7, 11) is 1.97. The lowest BCUT2D eigenvalue weighted by molar-refractivity contribution is 0.260. The highest BCUT2D eigenvalue weighted by atomic mass is 15.3. The van der Waals surface area contributed by atoms with Crippen LogP contribution in [0.2, 0.25) is 0 Å². The van der Waals surface area contributed by atoms with Gasteiger partial charge in [-0.25, -0.2) is 0 Å². The number of hydrogen-bond donors (Lipinski definition) is 1. The van der Waals surface area contributed by atoms with E-state index >= 15 is 0 Å². The van der Waals surface area contributed by atoms with Crippen LogP contribution in [0.3, 0.4) is 0 Å². The molecule has 0 saturated carbocycles. The molecule has 0 bridgehead atoms. The van der Waals surface area contributed by atoms with Crippen LogP contribution in [-0.4, -0.2) is 27.8 Å². The number of nitrogen functional groups attached to an aromatic ring is 1. The number of nitrogens with zero attached hydrogens (tertiary/aromatic N) is 3.